The number of hydrogen-bond donors (Lipinski definition) is 0. The standard InChI is InChI=1S/C58H44N2Si/c1-61(2)56-27-15-25-53-55(60(46-22-10-5-11-23-46)54-26-14-21-45-20-12-13-24-50(45)54)39-38-52(58(53)56)51-37-36-49(40-57(51)61)59(47-32-28-43(29-33-47)41-16-6-3-7-17-41)48-34-30-44(31-35-48)42-18-8-4-9-19-42/h3-40H,1-2H3. The van der Waals surface area contributed by atoms with Gasteiger partial charge in [-0.25, -0.2) is 0 Å². The van der Waals surface area contributed by atoms with Crippen LogP contribution in [-0.2, 0) is 0 Å². The summed E-state index contributed by atoms with van der Waals surface area (Å²) in [5, 5.41) is 8.05. The van der Waals surface area contributed by atoms with Gasteiger partial charge in [-0.1, -0.05) is 183 Å². The molecule has 10 aromatic carbocycles. The van der Waals surface area contributed by atoms with Crippen molar-refractivity contribution in [2.24, 2.45) is 0 Å². The maximum atomic E-state index is 2.54. The van der Waals surface area contributed by atoms with Gasteiger partial charge in [-0.2, -0.15) is 0 Å². The normalized spacial score (nSPS) is 12.6. The Morgan fingerprint density at radius 1 is 0.311 bits per heavy atom. The van der Waals surface area contributed by atoms with E-state index in [1.54, 1.807) is 0 Å². The second-order valence-corrected chi connectivity index (χ2v) is 20.9. The van der Waals surface area contributed by atoms with E-state index in [0.29, 0.717) is 0 Å². The molecule has 0 aromatic heterocycles. The van der Waals surface area contributed by atoms with Gasteiger partial charge in [0.05, 0.1) is 11.4 Å². The van der Waals surface area contributed by atoms with E-state index >= 15 is 0 Å². The Balaban J connectivity index is 1.06. The molecular weight excluding hydrogens is 753 g/mol. The van der Waals surface area contributed by atoms with Crippen molar-refractivity contribution in [2.75, 3.05) is 9.80 Å². The summed E-state index contributed by atoms with van der Waals surface area (Å²) >= 11 is 0. The lowest BCUT2D eigenvalue weighted by Crippen LogP contribution is -2.56. The first-order valence-corrected chi connectivity index (χ1v) is 24.2. The molecule has 1 aliphatic rings. The van der Waals surface area contributed by atoms with Crippen molar-refractivity contribution in [1.82, 2.24) is 0 Å². The van der Waals surface area contributed by atoms with Crippen molar-refractivity contribution in [3.8, 4) is 33.4 Å². The van der Waals surface area contributed by atoms with Gasteiger partial charge in [0, 0.05) is 33.5 Å². The van der Waals surface area contributed by atoms with Gasteiger partial charge in [0.25, 0.3) is 0 Å². The van der Waals surface area contributed by atoms with E-state index in [1.165, 1.54) is 76.7 Å². The number of benzene rings is 10. The molecule has 0 aliphatic carbocycles. The Bertz CT molecular complexity index is 3110. The second-order valence-electron chi connectivity index (χ2n) is 16.5. The molecule has 0 saturated carbocycles. The Hall–Kier alpha value is -7.46. The Morgan fingerprint density at radius 3 is 1.44 bits per heavy atom. The number of hydrogen-bond acceptors (Lipinski definition) is 2. The molecule has 0 bridgehead atoms. The fourth-order valence-corrected chi connectivity index (χ4v) is 12.7. The van der Waals surface area contributed by atoms with Gasteiger partial charge in [0.15, 0.2) is 0 Å². The van der Waals surface area contributed by atoms with Crippen molar-refractivity contribution in [3.63, 3.8) is 0 Å². The minimum Gasteiger partial charge on any atom is -0.311 e. The van der Waals surface area contributed by atoms with Crippen LogP contribution in [0.2, 0.25) is 13.1 Å². The highest BCUT2D eigenvalue weighted by molar-refractivity contribution is 7.03. The van der Waals surface area contributed by atoms with Crippen LogP contribution in [0.5, 0.6) is 0 Å². The first-order chi connectivity index (χ1) is 30.0. The van der Waals surface area contributed by atoms with Crippen molar-refractivity contribution < 1.29 is 0 Å². The zero-order valence-electron chi connectivity index (χ0n) is 34.3. The van der Waals surface area contributed by atoms with Crippen LogP contribution >= 0.6 is 0 Å². The highest BCUT2D eigenvalue weighted by atomic mass is 28.3. The molecule has 0 spiro atoms. The molecule has 290 valence electrons. The summed E-state index contributed by atoms with van der Waals surface area (Å²) in [4.78, 5) is 4.89. The fourth-order valence-electron chi connectivity index (χ4n) is 9.60. The van der Waals surface area contributed by atoms with E-state index in [2.05, 4.69) is 253 Å². The van der Waals surface area contributed by atoms with E-state index in [1.807, 2.05) is 0 Å². The maximum Gasteiger partial charge on any atom is 0.113 e. The van der Waals surface area contributed by atoms with Crippen LogP contribution in [0.15, 0.2) is 231 Å². The summed E-state index contributed by atoms with van der Waals surface area (Å²) in [5.41, 5.74) is 14.4. The molecule has 0 amide bonds. The summed E-state index contributed by atoms with van der Waals surface area (Å²) in [6.07, 6.45) is 0. The highest BCUT2D eigenvalue weighted by Gasteiger charge is 2.37. The van der Waals surface area contributed by atoms with Gasteiger partial charge in [0.2, 0.25) is 0 Å². The SMILES string of the molecule is C[Si]1(C)c2cc(N(c3ccc(-c4ccccc4)cc3)c3ccc(-c4ccccc4)cc3)ccc2-c2ccc(N(c3ccccc3)c3cccc4ccccc34)c3cccc1c23. The van der Waals surface area contributed by atoms with Crippen molar-refractivity contribution >= 4 is 74.1 Å². The van der Waals surface area contributed by atoms with Gasteiger partial charge in [-0.05, 0) is 115 Å². The third kappa shape index (κ3) is 6.33. The maximum absolute atomic E-state index is 2.54. The minimum atomic E-state index is -2.25. The molecule has 0 fully saturated rings. The van der Waals surface area contributed by atoms with E-state index in [0.717, 1.165) is 22.7 Å². The number of nitrogens with zero attached hydrogens (tertiary/aromatic N) is 2. The van der Waals surface area contributed by atoms with Crippen LogP contribution in [0.25, 0.3) is 54.9 Å². The lowest BCUT2D eigenvalue weighted by molar-refractivity contribution is 1.28. The summed E-state index contributed by atoms with van der Waals surface area (Å²) in [5.74, 6) is 0. The van der Waals surface area contributed by atoms with Crippen LogP contribution in [0.1, 0.15) is 0 Å². The van der Waals surface area contributed by atoms with Crippen molar-refractivity contribution in [2.45, 2.75) is 13.1 Å². The quantitative estimate of drug-likeness (QED) is 0.141. The van der Waals surface area contributed by atoms with E-state index in [-0.39, 0.29) is 0 Å². The number of para-hydroxylation sites is 1. The minimum absolute atomic E-state index is 1.13. The first kappa shape index (κ1) is 36.6. The molecule has 10 aromatic rings. The van der Waals surface area contributed by atoms with Crippen LogP contribution < -0.4 is 20.2 Å². The molecule has 0 radical (unpaired) electrons. The van der Waals surface area contributed by atoms with Gasteiger partial charge >= 0.3 is 0 Å². The fraction of sp³-hybridized carbons (Fsp3) is 0.0345. The van der Waals surface area contributed by atoms with Crippen LogP contribution in [0.3, 0.4) is 0 Å². The molecule has 0 N–H and O–H groups in total. The molecule has 0 atom stereocenters. The van der Waals surface area contributed by atoms with E-state index in [4.69, 9.17) is 0 Å². The first-order valence-electron chi connectivity index (χ1n) is 21.2. The molecule has 0 unspecified atom stereocenters. The van der Waals surface area contributed by atoms with Gasteiger partial charge < -0.3 is 9.80 Å². The number of rotatable bonds is 8. The molecule has 2 nitrogen and oxygen atoms in total. The van der Waals surface area contributed by atoms with E-state index in [9.17, 15) is 0 Å². The molecule has 61 heavy (non-hydrogen) atoms. The summed E-state index contributed by atoms with van der Waals surface area (Å²) < 4.78 is 0. The second kappa shape index (κ2) is 15.0. The molecule has 11 rings (SSSR count). The zero-order valence-corrected chi connectivity index (χ0v) is 35.3. The monoisotopic (exact) mass is 796 g/mol. The lowest BCUT2D eigenvalue weighted by atomic mass is 9.94. The predicted octanol–water partition coefficient (Wildman–Crippen LogP) is 15.1. The predicted molar refractivity (Wildman–Crippen MR) is 264 cm³/mol. The number of fused-ring (bicyclic) bond motifs is 3. The van der Waals surface area contributed by atoms with Gasteiger partial charge in [-0.3, -0.25) is 0 Å². The topological polar surface area (TPSA) is 6.48 Å². The van der Waals surface area contributed by atoms with Crippen LogP contribution in [0, 0.1) is 0 Å². The van der Waals surface area contributed by atoms with Crippen molar-refractivity contribution in [3.05, 3.63) is 231 Å². The van der Waals surface area contributed by atoms with E-state index < -0.39 is 8.07 Å². The average molecular weight is 797 g/mol. The zero-order chi connectivity index (χ0) is 40.9. The summed E-state index contributed by atoms with van der Waals surface area (Å²) in [6, 6.07) is 84.5. The van der Waals surface area contributed by atoms with Gasteiger partial charge in [0.1, 0.15) is 8.07 Å². The van der Waals surface area contributed by atoms with Crippen LogP contribution in [-0.4, -0.2) is 8.07 Å². The molecular formula is C58H44N2Si. The Labute approximate surface area is 359 Å². The smallest absolute Gasteiger partial charge is 0.113 e. The highest BCUT2D eigenvalue weighted by Crippen LogP contribution is 2.46. The summed E-state index contributed by atoms with van der Waals surface area (Å²) in [6.45, 7) is 5.07. The Kier molecular flexibility index (Phi) is 8.98. The third-order valence-corrected chi connectivity index (χ3v) is 16.2. The summed E-state index contributed by atoms with van der Waals surface area (Å²) in [7, 11) is -2.25. The average Bonchev–Trinajstić information content (AvgIpc) is 3.33. The van der Waals surface area contributed by atoms with Gasteiger partial charge in [-0.15, -0.1) is 0 Å². The lowest BCUT2D eigenvalue weighted by Gasteiger charge is -2.36. The molecule has 1 aliphatic heterocycles. The number of anilines is 6. The molecule has 3 heteroatoms. The third-order valence-electron chi connectivity index (χ3n) is 12.6. The molecule has 1 heterocycles. The largest absolute Gasteiger partial charge is 0.311 e. The molecule has 0 saturated heterocycles. The Morgan fingerprint density at radius 2 is 0.787 bits per heavy atom. The van der Waals surface area contributed by atoms with Crippen molar-refractivity contribution in [1.29, 1.82) is 0 Å². The van der Waals surface area contributed by atoms with Crippen LogP contribution in [0.4, 0.5) is 34.1 Å².